The summed E-state index contributed by atoms with van der Waals surface area (Å²) >= 11 is 1.60. The molecule has 1 heterocycles. The molecule has 116 valence electrons. The highest BCUT2D eigenvalue weighted by Crippen LogP contribution is 2.27. The van der Waals surface area contributed by atoms with Crippen LogP contribution in [0.15, 0.2) is 23.1 Å². The molecule has 1 unspecified atom stereocenters. The van der Waals surface area contributed by atoms with Crippen molar-refractivity contribution in [1.29, 1.82) is 0 Å². The third-order valence-electron chi connectivity index (χ3n) is 3.39. The molecule has 0 spiro atoms. The van der Waals surface area contributed by atoms with Gasteiger partial charge in [0, 0.05) is 24.1 Å². The lowest BCUT2D eigenvalue weighted by Crippen LogP contribution is -2.47. The zero-order valence-electron chi connectivity index (χ0n) is 12.1. The third-order valence-corrected chi connectivity index (χ3v) is 6.41. The van der Waals surface area contributed by atoms with Crippen molar-refractivity contribution in [1.82, 2.24) is 4.31 Å². The molecule has 2 rings (SSSR count). The zero-order valence-corrected chi connectivity index (χ0v) is 13.7. The third kappa shape index (κ3) is 3.78. The van der Waals surface area contributed by atoms with Crippen LogP contribution in [-0.2, 0) is 14.8 Å². The first-order chi connectivity index (χ1) is 9.80. The Morgan fingerprint density at radius 2 is 1.95 bits per heavy atom. The molecule has 1 saturated heterocycles. The average Bonchev–Trinajstić information content (AvgIpc) is 2.37. The summed E-state index contributed by atoms with van der Waals surface area (Å²) in [6, 6.07) is 4.72. The highest BCUT2D eigenvalue weighted by Gasteiger charge is 2.35. The summed E-state index contributed by atoms with van der Waals surface area (Å²) in [6.07, 6.45) is -0.156. The largest absolute Gasteiger partial charge is 0.481 e. The summed E-state index contributed by atoms with van der Waals surface area (Å²) in [5.74, 6) is 0.249. The van der Waals surface area contributed by atoms with Gasteiger partial charge in [-0.1, -0.05) is 6.07 Å². The Hall–Kier alpha value is -1.05. The predicted octanol–water partition coefficient (Wildman–Crippen LogP) is 1.88. The molecule has 0 aliphatic carbocycles. The molecule has 0 saturated carbocycles. The van der Waals surface area contributed by atoms with E-state index in [1.807, 2.05) is 19.9 Å². The van der Waals surface area contributed by atoms with Crippen molar-refractivity contribution < 1.29 is 18.3 Å². The fourth-order valence-electron chi connectivity index (χ4n) is 2.54. The highest BCUT2D eigenvalue weighted by molar-refractivity contribution is 7.99. The minimum Gasteiger partial charge on any atom is -0.481 e. The van der Waals surface area contributed by atoms with Gasteiger partial charge >= 0.3 is 5.97 Å². The number of carboxylic acid groups (broad SMARTS) is 1. The minimum absolute atomic E-state index is 0.156. The fraction of sp³-hybridized carbons (Fsp3) is 0.500. The molecule has 7 heteroatoms. The lowest BCUT2D eigenvalue weighted by atomic mass is 10.2. The number of carboxylic acids is 1. The van der Waals surface area contributed by atoms with E-state index in [4.69, 9.17) is 5.11 Å². The Morgan fingerprint density at radius 1 is 1.33 bits per heavy atom. The van der Waals surface area contributed by atoms with E-state index in [1.165, 1.54) is 4.31 Å². The van der Waals surface area contributed by atoms with E-state index in [0.717, 1.165) is 11.1 Å². The van der Waals surface area contributed by atoms with Gasteiger partial charge in [0.25, 0.3) is 0 Å². The number of aryl methyl sites for hydroxylation is 2. The van der Waals surface area contributed by atoms with Crippen LogP contribution in [0.4, 0.5) is 0 Å². The lowest BCUT2D eigenvalue weighted by Gasteiger charge is -2.33. The van der Waals surface area contributed by atoms with Crippen LogP contribution in [0.5, 0.6) is 0 Å². The summed E-state index contributed by atoms with van der Waals surface area (Å²) in [4.78, 5) is 11.2. The van der Waals surface area contributed by atoms with Gasteiger partial charge < -0.3 is 5.11 Å². The first kappa shape index (κ1) is 16.3. The number of benzene rings is 1. The normalized spacial score (nSPS) is 20.4. The summed E-state index contributed by atoms with van der Waals surface area (Å²) in [5, 5.41) is 8.98. The quantitative estimate of drug-likeness (QED) is 0.913. The number of hydrogen-bond donors (Lipinski definition) is 1. The van der Waals surface area contributed by atoms with Crippen molar-refractivity contribution in [2.75, 3.05) is 18.1 Å². The molecule has 1 aliphatic heterocycles. The summed E-state index contributed by atoms with van der Waals surface area (Å²) in [5.41, 5.74) is 1.77. The first-order valence-electron chi connectivity index (χ1n) is 6.70. The first-order valence-corrected chi connectivity index (χ1v) is 9.30. The maximum Gasteiger partial charge on any atom is 0.305 e. The molecular weight excluding hydrogens is 310 g/mol. The predicted molar refractivity (Wildman–Crippen MR) is 83.2 cm³/mol. The van der Waals surface area contributed by atoms with Gasteiger partial charge in [-0.25, -0.2) is 8.42 Å². The molecule has 21 heavy (non-hydrogen) atoms. The van der Waals surface area contributed by atoms with Crippen molar-refractivity contribution in [3.05, 3.63) is 29.3 Å². The van der Waals surface area contributed by atoms with Gasteiger partial charge in [-0.15, -0.1) is 0 Å². The molecule has 0 aromatic heterocycles. The van der Waals surface area contributed by atoms with Crippen molar-refractivity contribution in [3.8, 4) is 0 Å². The Morgan fingerprint density at radius 3 is 2.52 bits per heavy atom. The van der Waals surface area contributed by atoms with Crippen LogP contribution in [0.25, 0.3) is 0 Å². The second-order valence-electron chi connectivity index (χ2n) is 5.27. The van der Waals surface area contributed by atoms with Crippen LogP contribution in [-0.4, -0.2) is 47.9 Å². The number of thioether (sulfide) groups is 1. The van der Waals surface area contributed by atoms with Crippen molar-refractivity contribution in [3.63, 3.8) is 0 Å². The molecule has 0 amide bonds. The van der Waals surface area contributed by atoms with Crippen molar-refractivity contribution >= 4 is 27.8 Å². The van der Waals surface area contributed by atoms with Gasteiger partial charge in [-0.05, 0) is 37.1 Å². The standard InChI is InChI=1S/C14H19NO4S2/c1-10-5-11(2)7-13(6-10)21(18,19)15-3-4-20-9-12(15)8-14(16)17/h5-7,12H,3-4,8-9H2,1-2H3,(H,16,17). The summed E-state index contributed by atoms with van der Waals surface area (Å²) < 4.78 is 27.0. The second kappa shape index (κ2) is 6.37. The topological polar surface area (TPSA) is 74.7 Å². The average molecular weight is 329 g/mol. The van der Waals surface area contributed by atoms with Crippen LogP contribution < -0.4 is 0 Å². The maximum absolute atomic E-state index is 12.8. The van der Waals surface area contributed by atoms with Gasteiger partial charge in [0.1, 0.15) is 0 Å². The van der Waals surface area contributed by atoms with E-state index in [0.29, 0.717) is 18.1 Å². The highest BCUT2D eigenvalue weighted by atomic mass is 32.2. The van der Waals surface area contributed by atoms with Gasteiger partial charge in [0.2, 0.25) is 10.0 Å². The van der Waals surface area contributed by atoms with E-state index in [1.54, 1.807) is 23.9 Å². The SMILES string of the molecule is Cc1cc(C)cc(S(=O)(=O)N2CCSCC2CC(=O)O)c1. The van der Waals surface area contributed by atoms with Crippen molar-refractivity contribution in [2.45, 2.75) is 31.2 Å². The minimum atomic E-state index is -3.65. The zero-order chi connectivity index (χ0) is 15.6. The van der Waals surface area contributed by atoms with E-state index >= 15 is 0 Å². The van der Waals surface area contributed by atoms with E-state index in [9.17, 15) is 13.2 Å². The number of hydrogen-bond acceptors (Lipinski definition) is 4. The Bertz CT molecular complexity index is 622. The van der Waals surface area contributed by atoms with Crippen LogP contribution in [0, 0.1) is 13.8 Å². The summed E-state index contributed by atoms with van der Waals surface area (Å²) in [7, 11) is -3.65. The molecule has 1 aromatic rings. The fourth-order valence-corrected chi connectivity index (χ4v) is 5.62. The molecule has 1 atom stereocenters. The van der Waals surface area contributed by atoms with E-state index in [-0.39, 0.29) is 11.3 Å². The smallest absolute Gasteiger partial charge is 0.305 e. The van der Waals surface area contributed by atoms with Crippen LogP contribution in [0.1, 0.15) is 17.5 Å². The molecule has 0 bridgehead atoms. The lowest BCUT2D eigenvalue weighted by molar-refractivity contribution is -0.137. The number of carbonyl (C=O) groups is 1. The number of nitrogens with zero attached hydrogens (tertiary/aromatic N) is 1. The number of aliphatic carboxylic acids is 1. The molecular formula is C14H19NO4S2. The Labute approximate surface area is 129 Å². The Balaban J connectivity index is 2.37. The number of sulfonamides is 1. The van der Waals surface area contributed by atoms with Crippen LogP contribution >= 0.6 is 11.8 Å². The van der Waals surface area contributed by atoms with Crippen LogP contribution in [0.2, 0.25) is 0 Å². The van der Waals surface area contributed by atoms with E-state index < -0.39 is 22.0 Å². The van der Waals surface area contributed by atoms with E-state index in [2.05, 4.69) is 0 Å². The summed E-state index contributed by atoms with van der Waals surface area (Å²) in [6.45, 7) is 4.07. The molecule has 0 radical (unpaired) electrons. The Kier molecular flexibility index (Phi) is 4.95. The van der Waals surface area contributed by atoms with Gasteiger partial charge in [-0.3, -0.25) is 4.79 Å². The molecule has 1 aromatic carbocycles. The molecule has 1 aliphatic rings. The van der Waals surface area contributed by atoms with Crippen LogP contribution in [0.3, 0.4) is 0 Å². The number of rotatable bonds is 4. The van der Waals surface area contributed by atoms with Gasteiger partial charge in [0.05, 0.1) is 11.3 Å². The second-order valence-corrected chi connectivity index (χ2v) is 8.31. The monoisotopic (exact) mass is 329 g/mol. The van der Waals surface area contributed by atoms with Gasteiger partial charge in [-0.2, -0.15) is 16.1 Å². The van der Waals surface area contributed by atoms with Gasteiger partial charge in [0.15, 0.2) is 0 Å². The molecule has 5 nitrogen and oxygen atoms in total. The maximum atomic E-state index is 12.8. The van der Waals surface area contributed by atoms with Crippen molar-refractivity contribution in [2.24, 2.45) is 0 Å². The molecule has 1 N–H and O–H groups in total. The molecule has 1 fully saturated rings.